The lowest BCUT2D eigenvalue weighted by Crippen LogP contribution is -2.41. The molecular weight excluding hydrogens is 358 g/mol. The van der Waals surface area contributed by atoms with Crippen LogP contribution in [0.3, 0.4) is 0 Å². The molecule has 1 atom stereocenters. The summed E-state index contributed by atoms with van der Waals surface area (Å²) in [6.07, 6.45) is 1.02. The zero-order chi connectivity index (χ0) is 18.9. The standard InChI is InChI=1S/C16H23N5O4S/c1-11(19-26(3,23)24)16(22)17-15-14-12(20(2)18-15)5-4-6-13(14)21-7-9-25-10-8-21/h4-6,11,19H,7-10H2,1-3H3,(H,17,18,22)/t11-/m0/s1. The maximum absolute atomic E-state index is 12.4. The van der Waals surface area contributed by atoms with Crippen molar-refractivity contribution < 1.29 is 17.9 Å². The molecule has 9 nitrogen and oxygen atoms in total. The van der Waals surface area contributed by atoms with Crippen molar-refractivity contribution in [2.45, 2.75) is 13.0 Å². The summed E-state index contributed by atoms with van der Waals surface area (Å²) in [5.74, 6) is -0.0519. The average Bonchev–Trinajstić information content (AvgIpc) is 2.90. The summed E-state index contributed by atoms with van der Waals surface area (Å²) in [6.45, 7) is 4.30. The molecule has 1 aliphatic rings. The molecular formula is C16H23N5O4S. The number of anilines is 2. The first-order valence-corrected chi connectivity index (χ1v) is 10.2. The fourth-order valence-electron chi connectivity index (χ4n) is 3.05. The van der Waals surface area contributed by atoms with Crippen LogP contribution in [0.25, 0.3) is 10.9 Å². The van der Waals surface area contributed by atoms with E-state index in [9.17, 15) is 13.2 Å². The van der Waals surface area contributed by atoms with Crippen LogP contribution in [0.5, 0.6) is 0 Å². The van der Waals surface area contributed by atoms with Crippen molar-refractivity contribution in [3.63, 3.8) is 0 Å². The third kappa shape index (κ3) is 3.97. The highest BCUT2D eigenvalue weighted by Crippen LogP contribution is 2.33. The van der Waals surface area contributed by atoms with E-state index in [2.05, 4.69) is 20.0 Å². The van der Waals surface area contributed by atoms with E-state index in [0.29, 0.717) is 19.0 Å². The van der Waals surface area contributed by atoms with E-state index in [1.807, 2.05) is 18.2 Å². The summed E-state index contributed by atoms with van der Waals surface area (Å²) < 4.78 is 32.1. The molecule has 0 saturated carbocycles. The minimum Gasteiger partial charge on any atom is -0.378 e. The molecule has 10 heteroatoms. The predicted octanol–water partition coefficient (Wildman–Crippen LogP) is 0.286. The zero-order valence-corrected chi connectivity index (χ0v) is 15.8. The number of amides is 1. The maximum atomic E-state index is 12.4. The topological polar surface area (TPSA) is 106 Å². The maximum Gasteiger partial charge on any atom is 0.243 e. The molecule has 1 fully saturated rings. The van der Waals surface area contributed by atoms with Crippen LogP contribution in [0.15, 0.2) is 18.2 Å². The Labute approximate surface area is 152 Å². The van der Waals surface area contributed by atoms with E-state index < -0.39 is 22.0 Å². The number of rotatable bonds is 5. The molecule has 1 aromatic carbocycles. The summed E-state index contributed by atoms with van der Waals surface area (Å²) in [5, 5.41) is 8.00. The zero-order valence-electron chi connectivity index (χ0n) is 15.0. The number of nitrogens with zero attached hydrogens (tertiary/aromatic N) is 3. The first-order valence-electron chi connectivity index (χ1n) is 8.33. The van der Waals surface area contributed by atoms with Crippen LogP contribution in [-0.2, 0) is 26.6 Å². The number of morpholine rings is 1. The third-order valence-electron chi connectivity index (χ3n) is 4.23. The van der Waals surface area contributed by atoms with E-state index in [0.717, 1.165) is 35.9 Å². The van der Waals surface area contributed by atoms with Crippen molar-refractivity contribution in [2.75, 3.05) is 42.8 Å². The number of fused-ring (bicyclic) bond motifs is 1. The van der Waals surface area contributed by atoms with Gasteiger partial charge >= 0.3 is 0 Å². The lowest BCUT2D eigenvalue weighted by molar-refractivity contribution is -0.117. The van der Waals surface area contributed by atoms with Crippen LogP contribution in [0, 0.1) is 0 Å². The second kappa shape index (κ2) is 7.22. The molecule has 0 spiro atoms. The number of sulfonamides is 1. The molecule has 26 heavy (non-hydrogen) atoms. The number of carbonyl (C=O) groups excluding carboxylic acids is 1. The summed E-state index contributed by atoms with van der Waals surface area (Å²) in [6, 6.07) is 4.97. The summed E-state index contributed by atoms with van der Waals surface area (Å²) in [5.41, 5.74) is 1.85. The number of hydrogen-bond acceptors (Lipinski definition) is 6. The van der Waals surface area contributed by atoms with Gasteiger partial charge in [-0.3, -0.25) is 9.48 Å². The normalized spacial score (nSPS) is 16.7. The van der Waals surface area contributed by atoms with E-state index in [-0.39, 0.29) is 0 Å². The van der Waals surface area contributed by atoms with Gasteiger partial charge in [-0.1, -0.05) is 6.07 Å². The molecule has 0 unspecified atom stereocenters. The second-order valence-electron chi connectivity index (χ2n) is 6.34. The van der Waals surface area contributed by atoms with Gasteiger partial charge in [-0.05, 0) is 19.1 Å². The van der Waals surface area contributed by atoms with Crippen LogP contribution in [0.1, 0.15) is 6.92 Å². The average molecular weight is 381 g/mol. The molecule has 0 aliphatic carbocycles. The molecule has 1 aliphatic heterocycles. The number of benzene rings is 1. The molecule has 2 N–H and O–H groups in total. The highest BCUT2D eigenvalue weighted by molar-refractivity contribution is 7.88. The number of carbonyl (C=O) groups is 1. The van der Waals surface area contributed by atoms with Crippen LogP contribution in [-0.4, -0.2) is 62.7 Å². The van der Waals surface area contributed by atoms with Crippen molar-refractivity contribution in [1.29, 1.82) is 0 Å². The fourth-order valence-corrected chi connectivity index (χ4v) is 3.80. The fraction of sp³-hybridized carbons (Fsp3) is 0.500. The van der Waals surface area contributed by atoms with Gasteiger partial charge in [0.2, 0.25) is 15.9 Å². The van der Waals surface area contributed by atoms with Crippen molar-refractivity contribution in [3.8, 4) is 0 Å². The number of aromatic nitrogens is 2. The molecule has 1 amide bonds. The number of nitrogens with one attached hydrogen (secondary N) is 2. The van der Waals surface area contributed by atoms with Crippen molar-refractivity contribution >= 4 is 38.3 Å². The molecule has 3 rings (SSSR count). The minimum absolute atomic E-state index is 0.414. The lowest BCUT2D eigenvalue weighted by atomic mass is 10.1. The molecule has 142 valence electrons. The minimum atomic E-state index is -3.48. The monoisotopic (exact) mass is 381 g/mol. The highest BCUT2D eigenvalue weighted by Gasteiger charge is 2.23. The predicted molar refractivity (Wildman–Crippen MR) is 99.8 cm³/mol. The van der Waals surface area contributed by atoms with Gasteiger partial charge in [-0.25, -0.2) is 13.1 Å². The largest absolute Gasteiger partial charge is 0.378 e. The summed E-state index contributed by atoms with van der Waals surface area (Å²) in [7, 11) is -1.68. The number of hydrogen-bond donors (Lipinski definition) is 2. The molecule has 1 aromatic heterocycles. The Morgan fingerprint density at radius 2 is 2.00 bits per heavy atom. The van der Waals surface area contributed by atoms with E-state index in [1.54, 1.807) is 11.7 Å². The Morgan fingerprint density at radius 1 is 1.31 bits per heavy atom. The van der Waals surface area contributed by atoms with Gasteiger partial charge in [0.25, 0.3) is 0 Å². The Kier molecular flexibility index (Phi) is 5.17. The SMILES string of the molecule is C[C@H](NS(C)(=O)=O)C(=O)Nc1nn(C)c2cccc(N3CCOCC3)c12. The Hall–Kier alpha value is -2.17. The van der Waals surface area contributed by atoms with Gasteiger partial charge in [0, 0.05) is 20.1 Å². The van der Waals surface area contributed by atoms with Gasteiger partial charge in [0.05, 0.1) is 42.1 Å². The van der Waals surface area contributed by atoms with Crippen LogP contribution < -0.4 is 14.9 Å². The van der Waals surface area contributed by atoms with Gasteiger partial charge < -0.3 is 15.0 Å². The van der Waals surface area contributed by atoms with Crippen molar-refractivity contribution in [3.05, 3.63) is 18.2 Å². The Morgan fingerprint density at radius 3 is 2.65 bits per heavy atom. The lowest BCUT2D eigenvalue weighted by Gasteiger charge is -2.29. The first kappa shape index (κ1) is 18.6. The second-order valence-corrected chi connectivity index (χ2v) is 8.12. The van der Waals surface area contributed by atoms with Gasteiger partial charge in [-0.15, -0.1) is 0 Å². The molecule has 0 radical (unpaired) electrons. The first-order chi connectivity index (χ1) is 12.3. The summed E-state index contributed by atoms with van der Waals surface area (Å²) in [4.78, 5) is 14.6. The molecule has 2 aromatic rings. The molecule has 0 bridgehead atoms. The van der Waals surface area contributed by atoms with Gasteiger partial charge in [0.1, 0.15) is 0 Å². The van der Waals surface area contributed by atoms with Crippen LogP contribution >= 0.6 is 0 Å². The van der Waals surface area contributed by atoms with Crippen molar-refractivity contribution in [2.24, 2.45) is 7.05 Å². The van der Waals surface area contributed by atoms with Gasteiger partial charge in [-0.2, -0.15) is 5.10 Å². The van der Waals surface area contributed by atoms with Crippen LogP contribution in [0.4, 0.5) is 11.5 Å². The Bertz CT molecular complexity index is 918. The third-order valence-corrected chi connectivity index (χ3v) is 5.02. The summed E-state index contributed by atoms with van der Waals surface area (Å²) >= 11 is 0. The van der Waals surface area contributed by atoms with E-state index in [1.165, 1.54) is 6.92 Å². The molecule has 2 heterocycles. The molecule has 1 saturated heterocycles. The number of aryl methyl sites for hydroxylation is 1. The Balaban J connectivity index is 1.94. The van der Waals surface area contributed by atoms with E-state index >= 15 is 0 Å². The van der Waals surface area contributed by atoms with Gasteiger partial charge in [0.15, 0.2) is 5.82 Å². The smallest absolute Gasteiger partial charge is 0.243 e. The number of ether oxygens (including phenoxy) is 1. The van der Waals surface area contributed by atoms with E-state index in [4.69, 9.17) is 4.74 Å². The van der Waals surface area contributed by atoms with Crippen molar-refractivity contribution in [1.82, 2.24) is 14.5 Å². The van der Waals surface area contributed by atoms with Crippen LogP contribution in [0.2, 0.25) is 0 Å². The highest BCUT2D eigenvalue weighted by atomic mass is 32.2. The quantitative estimate of drug-likeness (QED) is 0.771.